The second-order valence-electron chi connectivity index (χ2n) is 8.40. The molecule has 190 valence electrons. The standard InChI is InChI=1S/C21H32ClN4O7P/c1-4-31-34(29,32-5-2)20(30-3)16-14(27)15(28)19(33-16)26-11-10-13-17(23-12-8-6-7-9-12)24-21(22)25-18(13)26/h10-12,14-16,19-20,27-28H,4-9H2,1-3H3,(H,23,24,25)/t14-,15+,16+,19+,20?/m0/s1. The van der Waals surface area contributed by atoms with Gasteiger partial charge < -0.3 is 38.6 Å². The molecule has 3 heterocycles. The molecule has 0 amide bonds. The molecule has 1 aliphatic carbocycles. The molecule has 1 saturated heterocycles. The Morgan fingerprint density at radius 3 is 2.53 bits per heavy atom. The smallest absolute Gasteiger partial charge is 0.361 e. The van der Waals surface area contributed by atoms with Gasteiger partial charge in [0.2, 0.25) is 5.28 Å². The normalized spacial score (nSPS) is 27.0. The maximum atomic E-state index is 13.3. The summed E-state index contributed by atoms with van der Waals surface area (Å²) in [4.78, 5) is 8.70. The van der Waals surface area contributed by atoms with Crippen LogP contribution in [-0.4, -0.2) is 75.3 Å². The first-order valence-electron chi connectivity index (χ1n) is 11.6. The highest BCUT2D eigenvalue weighted by molar-refractivity contribution is 7.54. The third-order valence-corrected chi connectivity index (χ3v) is 8.78. The average molecular weight is 519 g/mol. The van der Waals surface area contributed by atoms with E-state index in [4.69, 9.17) is 30.1 Å². The molecular formula is C21H32ClN4O7P. The predicted molar refractivity (Wildman–Crippen MR) is 126 cm³/mol. The van der Waals surface area contributed by atoms with E-state index in [0.29, 0.717) is 22.9 Å². The van der Waals surface area contributed by atoms with Gasteiger partial charge in [-0.15, -0.1) is 0 Å². The van der Waals surface area contributed by atoms with Gasteiger partial charge in [-0.2, -0.15) is 4.98 Å². The van der Waals surface area contributed by atoms with Crippen LogP contribution in [-0.2, 0) is 23.1 Å². The number of nitrogens with one attached hydrogen (secondary N) is 1. The number of hydrogen-bond acceptors (Lipinski definition) is 10. The third kappa shape index (κ3) is 4.85. The van der Waals surface area contributed by atoms with Crippen molar-refractivity contribution in [3.63, 3.8) is 0 Å². The van der Waals surface area contributed by atoms with Crippen molar-refractivity contribution in [3.8, 4) is 0 Å². The van der Waals surface area contributed by atoms with E-state index in [1.54, 1.807) is 30.7 Å². The van der Waals surface area contributed by atoms with Crippen molar-refractivity contribution < 1.29 is 33.3 Å². The highest BCUT2D eigenvalue weighted by atomic mass is 35.5. The Morgan fingerprint density at radius 2 is 1.91 bits per heavy atom. The van der Waals surface area contributed by atoms with Crippen LogP contribution in [0.15, 0.2) is 12.3 Å². The predicted octanol–water partition coefficient (Wildman–Crippen LogP) is 3.30. The highest BCUT2D eigenvalue weighted by Gasteiger charge is 2.54. The van der Waals surface area contributed by atoms with Gasteiger partial charge in [-0.05, 0) is 44.4 Å². The minimum atomic E-state index is -3.81. The Balaban J connectivity index is 1.65. The second-order valence-corrected chi connectivity index (χ2v) is 10.8. The van der Waals surface area contributed by atoms with Crippen LogP contribution in [0.5, 0.6) is 0 Å². The van der Waals surface area contributed by atoms with Gasteiger partial charge in [0.25, 0.3) is 0 Å². The lowest BCUT2D eigenvalue weighted by Crippen LogP contribution is -2.40. The highest BCUT2D eigenvalue weighted by Crippen LogP contribution is 2.57. The van der Waals surface area contributed by atoms with Crippen LogP contribution in [0.1, 0.15) is 45.8 Å². The molecular weight excluding hydrogens is 487 g/mol. The Morgan fingerprint density at radius 1 is 1.24 bits per heavy atom. The van der Waals surface area contributed by atoms with Crippen molar-refractivity contribution in [2.45, 2.75) is 76.0 Å². The van der Waals surface area contributed by atoms with Crippen molar-refractivity contribution >= 4 is 36.0 Å². The van der Waals surface area contributed by atoms with E-state index in [9.17, 15) is 14.8 Å². The third-order valence-electron chi connectivity index (χ3n) is 6.24. The molecule has 5 atom stereocenters. The van der Waals surface area contributed by atoms with E-state index in [0.717, 1.165) is 25.7 Å². The van der Waals surface area contributed by atoms with E-state index in [1.165, 1.54) is 7.11 Å². The maximum Gasteiger partial charge on any atom is 0.361 e. The van der Waals surface area contributed by atoms with E-state index in [1.807, 2.05) is 0 Å². The number of nitrogens with zero attached hydrogens (tertiary/aromatic N) is 3. The molecule has 2 aliphatic rings. The quantitative estimate of drug-likeness (QED) is 0.317. The molecule has 4 rings (SSSR count). The topological polar surface area (TPSA) is 137 Å². The van der Waals surface area contributed by atoms with Crippen LogP contribution in [0.2, 0.25) is 5.28 Å². The van der Waals surface area contributed by atoms with Gasteiger partial charge in [-0.3, -0.25) is 4.57 Å². The average Bonchev–Trinajstić information content (AvgIpc) is 3.51. The number of halogens is 1. The van der Waals surface area contributed by atoms with Crippen LogP contribution in [0.25, 0.3) is 11.0 Å². The largest absolute Gasteiger partial charge is 0.387 e. The second kappa shape index (κ2) is 10.8. The molecule has 2 aromatic heterocycles. The summed E-state index contributed by atoms with van der Waals surface area (Å²) >= 11 is 6.22. The molecule has 1 saturated carbocycles. The van der Waals surface area contributed by atoms with Crippen molar-refractivity contribution in [1.29, 1.82) is 0 Å². The number of hydrogen-bond donors (Lipinski definition) is 3. The molecule has 34 heavy (non-hydrogen) atoms. The number of aromatic nitrogens is 3. The van der Waals surface area contributed by atoms with Crippen molar-refractivity contribution in [1.82, 2.24) is 14.5 Å². The number of rotatable bonds is 10. The first-order valence-corrected chi connectivity index (χ1v) is 13.6. The molecule has 1 unspecified atom stereocenters. The van der Waals surface area contributed by atoms with Gasteiger partial charge >= 0.3 is 7.60 Å². The van der Waals surface area contributed by atoms with Crippen LogP contribution in [0.4, 0.5) is 5.82 Å². The zero-order valence-electron chi connectivity index (χ0n) is 19.5. The molecule has 2 fully saturated rings. The van der Waals surface area contributed by atoms with Gasteiger partial charge in [0, 0.05) is 19.3 Å². The van der Waals surface area contributed by atoms with Crippen LogP contribution < -0.4 is 5.32 Å². The SMILES string of the molecule is CCOP(=O)(OCC)C(OC)[C@@H]1O[C@@H](n2ccc3c(NC4CCCC4)nc(Cl)nc32)[C@H](O)[C@@H]1O. The van der Waals surface area contributed by atoms with Gasteiger partial charge in [-0.25, -0.2) is 4.98 Å². The van der Waals surface area contributed by atoms with Crippen molar-refractivity contribution in [3.05, 3.63) is 17.5 Å². The lowest BCUT2D eigenvalue weighted by molar-refractivity contribution is -0.0783. The lowest BCUT2D eigenvalue weighted by atomic mass is 10.1. The van der Waals surface area contributed by atoms with Gasteiger partial charge in [-0.1, -0.05) is 12.8 Å². The van der Waals surface area contributed by atoms with E-state index in [-0.39, 0.29) is 18.5 Å². The number of fused-ring (bicyclic) bond motifs is 1. The van der Waals surface area contributed by atoms with E-state index in [2.05, 4.69) is 15.3 Å². The monoisotopic (exact) mass is 518 g/mol. The Kier molecular flexibility index (Phi) is 8.16. The molecule has 0 spiro atoms. The number of methoxy groups -OCH3 is 1. The Labute approximate surface area is 203 Å². The fourth-order valence-electron chi connectivity index (χ4n) is 4.72. The van der Waals surface area contributed by atoms with Crippen LogP contribution >= 0.6 is 19.2 Å². The van der Waals surface area contributed by atoms with E-state index < -0.39 is 38.0 Å². The summed E-state index contributed by atoms with van der Waals surface area (Å²) in [6, 6.07) is 2.11. The minimum Gasteiger partial charge on any atom is -0.387 e. The van der Waals surface area contributed by atoms with Gasteiger partial charge in [0.05, 0.1) is 18.6 Å². The summed E-state index contributed by atoms with van der Waals surface area (Å²) in [5.41, 5.74) is 0.434. The van der Waals surface area contributed by atoms with Crippen LogP contribution in [0.3, 0.4) is 0 Å². The summed E-state index contributed by atoms with van der Waals surface area (Å²) in [7, 11) is -2.49. The van der Waals surface area contributed by atoms with Crippen molar-refractivity contribution in [2.24, 2.45) is 0 Å². The molecule has 1 aliphatic heterocycles. The summed E-state index contributed by atoms with van der Waals surface area (Å²) < 4.78 is 37.2. The molecule has 0 aromatic carbocycles. The van der Waals surface area contributed by atoms with E-state index >= 15 is 0 Å². The summed E-state index contributed by atoms with van der Waals surface area (Å²) in [5, 5.41) is 25.9. The molecule has 0 radical (unpaired) electrons. The summed E-state index contributed by atoms with van der Waals surface area (Å²) in [6.07, 6.45) is 1.11. The van der Waals surface area contributed by atoms with Crippen LogP contribution in [0, 0.1) is 0 Å². The summed E-state index contributed by atoms with van der Waals surface area (Å²) in [6.45, 7) is 3.57. The zero-order chi connectivity index (χ0) is 24.5. The molecule has 2 aromatic rings. The zero-order valence-corrected chi connectivity index (χ0v) is 21.1. The molecule has 13 heteroatoms. The Hall–Kier alpha value is -1.30. The number of aliphatic hydroxyl groups excluding tert-OH is 2. The summed E-state index contributed by atoms with van der Waals surface area (Å²) in [5.74, 6) is -0.640. The fourth-order valence-corrected chi connectivity index (χ4v) is 6.84. The number of anilines is 1. The number of ether oxygens (including phenoxy) is 2. The lowest BCUT2D eigenvalue weighted by Gasteiger charge is -2.30. The van der Waals surface area contributed by atoms with Gasteiger partial charge in [0.15, 0.2) is 12.1 Å². The van der Waals surface area contributed by atoms with Crippen molar-refractivity contribution in [2.75, 3.05) is 25.6 Å². The maximum absolute atomic E-state index is 13.3. The first-order chi connectivity index (χ1) is 16.3. The van der Waals surface area contributed by atoms with Gasteiger partial charge in [0.1, 0.15) is 29.8 Å². The fraction of sp³-hybridized carbons (Fsp3) is 0.714. The molecule has 3 N–H and O–H groups in total. The number of aliphatic hydroxyl groups is 2. The molecule has 0 bridgehead atoms. The first kappa shape index (κ1) is 25.8. The minimum absolute atomic E-state index is 0.0458. The molecule has 11 nitrogen and oxygen atoms in total. The Bertz CT molecular complexity index is 1020.